The van der Waals surface area contributed by atoms with Crippen LogP contribution in [0.25, 0.3) is 0 Å². The number of methoxy groups -OCH3 is 1. The van der Waals surface area contributed by atoms with Crippen LogP contribution >= 0.6 is 11.3 Å². The zero-order valence-electron chi connectivity index (χ0n) is 10.6. The third kappa shape index (κ3) is 4.05. The summed E-state index contributed by atoms with van der Waals surface area (Å²) in [5.41, 5.74) is 0. The van der Waals surface area contributed by atoms with Crippen molar-refractivity contribution >= 4 is 11.3 Å². The third-order valence-corrected chi connectivity index (χ3v) is 4.47. The molecular formula is C13H22N2OS. The fourth-order valence-corrected chi connectivity index (χ4v) is 3.38. The number of nitrogens with zero attached hydrogens (tertiary/aromatic N) is 1. The van der Waals surface area contributed by atoms with Gasteiger partial charge in [-0.05, 0) is 12.8 Å². The smallest absolute Gasteiger partial charge is 0.0959 e. The Morgan fingerprint density at radius 2 is 2.24 bits per heavy atom. The molecule has 0 atom stereocenters. The summed E-state index contributed by atoms with van der Waals surface area (Å²) in [5, 5.41) is 4.72. The first-order valence-corrected chi connectivity index (χ1v) is 7.36. The van der Waals surface area contributed by atoms with Crippen LogP contribution in [0.2, 0.25) is 0 Å². The van der Waals surface area contributed by atoms with Crippen LogP contribution in [-0.2, 0) is 11.3 Å². The summed E-state index contributed by atoms with van der Waals surface area (Å²) in [5.74, 6) is 0.737. The highest BCUT2D eigenvalue weighted by Crippen LogP contribution is 2.34. The van der Waals surface area contributed by atoms with Gasteiger partial charge in [-0.25, -0.2) is 4.98 Å². The maximum Gasteiger partial charge on any atom is 0.0959 e. The van der Waals surface area contributed by atoms with Gasteiger partial charge in [0.15, 0.2) is 0 Å². The molecule has 1 heterocycles. The first-order valence-electron chi connectivity index (χ1n) is 6.54. The Labute approximate surface area is 108 Å². The molecule has 1 fully saturated rings. The summed E-state index contributed by atoms with van der Waals surface area (Å²) in [6.07, 6.45) is 8.88. The van der Waals surface area contributed by atoms with Gasteiger partial charge >= 0.3 is 0 Å². The summed E-state index contributed by atoms with van der Waals surface area (Å²) in [6, 6.07) is 0. The number of thiazole rings is 1. The van der Waals surface area contributed by atoms with Crippen LogP contribution < -0.4 is 5.32 Å². The second kappa shape index (κ2) is 7.09. The second-order valence-electron chi connectivity index (χ2n) is 4.67. The standard InChI is InChI=1S/C13H22N2OS/c1-16-8-7-14-9-12-10-15-13(17-12)11-5-3-2-4-6-11/h10-11,14H,2-9H2,1H3. The zero-order valence-corrected chi connectivity index (χ0v) is 11.4. The summed E-state index contributed by atoms with van der Waals surface area (Å²) in [7, 11) is 1.73. The Morgan fingerprint density at radius 3 is 3.00 bits per heavy atom. The Morgan fingerprint density at radius 1 is 1.41 bits per heavy atom. The minimum Gasteiger partial charge on any atom is -0.383 e. The van der Waals surface area contributed by atoms with Gasteiger partial charge in [0.05, 0.1) is 11.6 Å². The molecule has 1 N–H and O–H groups in total. The number of nitrogens with one attached hydrogen (secondary N) is 1. The average Bonchev–Trinajstić information content (AvgIpc) is 2.85. The van der Waals surface area contributed by atoms with Gasteiger partial charge in [0, 0.05) is 37.2 Å². The van der Waals surface area contributed by atoms with E-state index in [1.165, 1.54) is 42.0 Å². The summed E-state index contributed by atoms with van der Waals surface area (Å²) in [6.45, 7) is 2.61. The van der Waals surface area contributed by atoms with E-state index in [9.17, 15) is 0 Å². The van der Waals surface area contributed by atoms with Gasteiger partial charge in [-0.1, -0.05) is 19.3 Å². The predicted molar refractivity (Wildman–Crippen MR) is 71.5 cm³/mol. The molecule has 17 heavy (non-hydrogen) atoms. The van der Waals surface area contributed by atoms with Crippen LogP contribution in [0.3, 0.4) is 0 Å². The van der Waals surface area contributed by atoms with Crippen LogP contribution in [0.4, 0.5) is 0 Å². The van der Waals surface area contributed by atoms with E-state index in [1.54, 1.807) is 7.11 Å². The van der Waals surface area contributed by atoms with Crippen molar-refractivity contribution in [2.45, 2.75) is 44.6 Å². The summed E-state index contributed by atoms with van der Waals surface area (Å²) >= 11 is 1.88. The van der Waals surface area contributed by atoms with E-state index in [0.717, 1.165) is 25.6 Å². The highest BCUT2D eigenvalue weighted by molar-refractivity contribution is 7.11. The highest BCUT2D eigenvalue weighted by atomic mass is 32.1. The number of hydrogen-bond acceptors (Lipinski definition) is 4. The quantitative estimate of drug-likeness (QED) is 0.793. The van der Waals surface area contributed by atoms with E-state index < -0.39 is 0 Å². The molecule has 0 bridgehead atoms. The Balaban J connectivity index is 1.78. The van der Waals surface area contributed by atoms with Gasteiger partial charge in [-0.2, -0.15) is 0 Å². The minimum absolute atomic E-state index is 0.737. The molecule has 1 aromatic heterocycles. The van der Waals surface area contributed by atoms with Gasteiger partial charge in [0.25, 0.3) is 0 Å². The van der Waals surface area contributed by atoms with E-state index >= 15 is 0 Å². The van der Waals surface area contributed by atoms with Crippen LogP contribution in [0.5, 0.6) is 0 Å². The fourth-order valence-electron chi connectivity index (χ4n) is 2.33. The topological polar surface area (TPSA) is 34.1 Å². The van der Waals surface area contributed by atoms with E-state index in [4.69, 9.17) is 4.74 Å². The lowest BCUT2D eigenvalue weighted by Crippen LogP contribution is -2.17. The van der Waals surface area contributed by atoms with Crippen molar-refractivity contribution in [2.24, 2.45) is 0 Å². The molecule has 1 aliphatic carbocycles. The number of aromatic nitrogens is 1. The van der Waals surface area contributed by atoms with E-state index in [2.05, 4.69) is 10.3 Å². The summed E-state index contributed by atoms with van der Waals surface area (Å²) < 4.78 is 5.01. The lowest BCUT2D eigenvalue weighted by molar-refractivity contribution is 0.199. The van der Waals surface area contributed by atoms with Crippen molar-refractivity contribution in [1.29, 1.82) is 0 Å². The molecule has 1 aromatic rings. The molecule has 1 saturated carbocycles. The molecule has 0 aromatic carbocycles. The number of rotatable bonds is 6. The van der Waals surface area contributed by atoms with Gasteiger partial charge < -0.3 is 10.1 Å². The van der Waals surface area contributed by atoms with Crippen LogP contribution in [0.15, 0.2) is 6.20 Å². The largest absolute Gasteiger partial charge is 0.383 e. The molecule has 4 heteroatoms. The van der Waals surface area contributed by atoms with Crippen molar-refractivity contribution in [3.8, 4) is 0 Å². The molecule has 0 amide bonds. The SMILES string of the molecule is COCCNCc1cnc(C2CCCCC2)s1. The normalized spacial score (nSPS) is 17.5. The molecule has 0 unspecified atom stereocenters. The van der Waals surface area contributed by atoms with Gasteiger partial charge in [-0.15, -0.1) is 11.3 Å². The van der Waals surface area contributed by atoms with Gasteiger partial charge in [-0.3, -0.25) is 0 Å². The average molecular weight is 254 g/mol. The van der Waals surface area contributed by atoms with Gasteiger partial charge in [0.1, 0.15) is 0 Å². The monoisotopic (exact) mass is 254 g/mol. The molecule has 2 rings (SSSR count). The number of hydrogen-bond donors (Lipinski definition) is 1. The second-order valence-corrected chi connectivity index (χ2v) is 5.82. The fraction of sp³-hybridized carbons (Fsp3) is 0.769. The van der Waals surface area contributed by atoms with Crippen LogP contribution in [0.1, 0.15) is 47.9 Å². The van der Waals surface area contributed by atoms with Crippen LogP contribution in [-0.4, -0.2) is 25.2 Å². The van der Waals surface area contributed by atoms with Crippen molar-refractivity contribution < 1.29 is 4.74 Å². The lowest BCUT2D eigenvalue weighted by atomic mass is 9.90. The Bertz CT molecular complexity index is 321. The first-order chi connectivity index (χ1) is 8.40. The lowest BCUT2D eigenvalue weighted by Gasteiger charge is -2.18. The highest BCUT2D eigenvalue weighted by Gasteiger charge is 2.18. The Kier molecular flexibility index (Phi) is 5.42. The zero-order chi connectivity index (χ0) is 11.9. The maximum atomic E-state index is 5.01. The predicted octanol–water partition coefficient (Wildman–Crippen LogP) is 2.93. The van der Waals surface area contributed by atoms with Crippen molar-refractivity contribution in [2.75, 3.05) is 20.3 Å². The molecule has 3 nitrogen and oxygen atoms in total. The van der Waals surface area contributed by atoms with Crippen molar-refractivity contribution in [1.82, 2.24) is 10.3 Å². The van der Waals surface area contributed by atoms with Crippen molar-refractivity contribution in [3.63, 3.8) is 0 Å². The molecule has 0 spiro atoms. The molecule has 0 aliphatic heterocycles. The van der Waals surface area contributed by atoms with E-state index in [0.29, 0.717) is 0 Å². The summed E-state index contributed by atoms with van der Waals surface area (Å²) in [4.78, 5) is 5.93. The Hall–Kier alpha value is -0.450. The third-order valence-electron chi connectivity index (χ3n) is 3.31. The number of ether oxygens (including phenoxy) is 1. The van der Waals surface area contributed by atoms with Gasteiger partial charge in [0.2, 0.25) is 0 Å². The molecule has 1 aliphatic rings. The van der Waals surface area contributed by atoms with Crippen molar-refractivity contribution in [3.05, 3.63) is 16.1 Å². The first kappa shape index (κ1) is 13.0. The minimum atomic E-state index is 0.737. The molecular weight excluding hydrogens is 232 g/mol. The molecule has 0 radical (unpaired) electrons. The molecule has 0 saturated heterocycles. The molecule has 96 valence electrons. The van der Waals surface area contributed by atoms with Crippen LogP contribution in [0, 0.1) is 0 Å². The maximum absolute atomic E-state index is 5.01. The van der Waals surface area contributed by atoms with E-state index in [1.807, 2.05) is 17.5 Å². The van der Waals surface area contributed by atoms with E-state index in [-0.39, 0.29) is 0 Å².